The molecule has 624 valence electrons. The number of hydrogen-bond acceptors (Lipinski definition) is 15. The van der Waals surface area contributed by atoms with Gasteiger partial charge < -0.3 is 33.8 Å². The van der Waals surface area contributed by atoms with Crippen LogP contribution >= 0.6 is 15.6 Å². The minimum Gasteiger partial charge on any atom is -0.462 e. The fraction of sp³-hybridized carbons (Fsp3) is 0.953. The second-order valence-corrected chi connectivity index (χ2v) is 34.3. The van der Waals surface area contributed by atoms with Crippen molar-refractivity contribution in [3.8, 4) is 0 Å². The molecule has 5 atom stereocenters. The van der Waals surface area contributed by atoms with E-state index in [2.05, 4.69) is 34.6 Å². The van der Waals surface area contributed by atoms with Crippen molar-refractivity contribution in [3.63, 3.8) is 0 Å². The van der Waals surface area contributed by atoms with E-state index in [1.54, 1.807) is 0 Å². The van der Waals surface area contributed by atoms with Crippen molar-refractivity contribution in [3.05, 3.63) is 0 Å². The van der Waals surface area contributed by atoms with Gasteiger partial charge in [-0.3, -0.25) is 37.3 Å². The number of aliphatic hydroxyl groups excluding tert-OH is 1. The SMILES string of the molecule is CCCCCCCCCCCCCCCCCCCCCCCCC(=O)O[C@H](COC(=O)CCCCCCCCCCCCCCCCCCCCC(C)C)COP(=O)(O)OC[C@@H](O)COP(=O)(O)OC[C@@H](COC(=O)CCCCCCCCCCC)OC(=O)CCCCCCCCCCCCCCC. The first-order valence-corrected chi connectivity index (χ1v) is 47.6. The van der Waals surface area contributed by atoms with Crippen LogP contribution in [0.2, 0.25) is 0 Å². The summed E-state index contributed by atoms with van der Waals surface area (Å²) in [5.41, 5.74) is 0. The number of rotatable bonds is 86. The van der Waals surface area contributed by atoms with Gasteiger partial charge in [0.25, 0.3) is 0 Å². The summed E-state index contributed by atoms with van der Waals surface area (Å²) in [6.07, 6.45) is 72.4. The number of carbonyl (C=O) groups excluding carboxylic acids is 4. The molecule has 0 amide bonds. The summed E-state index contributed by atoms with van der Waals surface area (Å²) in [4.78, 5) is 73.1. The van der Waals surface area contributed by atoms with Gasteiger partial charge in [-0.1, -0.05) is 413 Å². The molecule has 0 heterocycles. The monoisotopic (exact) mass is 1540 g/mol. The molecule has 0 aromatic heterocycles. The predicted octanol–water partition coefficient (Wildman–Crippen LogP) is 26.4. The molecule has 19 heteroatoms. The molecule has 0 aliphatic carbocycles. The Kier molecular flexibility index (Phi) is 77.3. The zero-order valence-electron chi connectivity index (χ0n) is 68.9. The maximum atomic E-state index is 13.1. The van der Waals surface area contributed by atoms with E-state index in [4.69, 9.17) is 37.0 Å². The second-order valence-electron chi connectivity index (χ2n) is 31.4. The molecule has 3 N–H and O–H groups in total. The molecular weight excluding hydrogens is 1370 g/mol. The van der Waals surface area contributed by atoms with Crippen molar-refractivity contribution in [1.82, 2.24) is 0 Å². The predicted molar refractivity (Wildman–Crippen MR) is 432 cm³/mol. The van der Waals surface area contributed by atoms with Crippen molar-refractivity contribution >= 4 is 39.5 Å². The number of unbranched alkanes of at least 4 members (excludes halogenated alkanes) is 58. The average molecular weight is 1540 g/mol. The largest absolute Gasteiger partial charge is 0.472 e. The van der Waals surface area contributed by atoms with Crippen LogP contribution in [-0.2, 0) is 65.4 Å². The van der Waals surface area contributed by atoms with Gasteiger partial charge in [-0.2, -0.15) is 0 Å². The molecular formula is C86H168O17P2. The quantitative estimate of drug-likeness (QED) is 0.0222. The Morgan fingerprint density at radius 2 is 0.438 bits per heavy atom. The number of phosphoric ester groups is 2. The van der Waals surface area contributed by atoms with Gasteiger partial charge in [0.05, 0.1) is 26.4 Å². The number of esters is 4. The maximum absolute atomic E-state index is 13.1. The highest BCUT2D eigenvalue weighted by Crippen LogP contribution is 2.45. The minimum absolute atomic E-state index is 0.108. The van der Waals surface area contributed by atoms with Crippen molar-refractivity contribution in [2.45, 2.75) is 483 Å². The van der Waals surface area contributed by atoms with E-state index in [9.17, 15) is 43.2 Å². The van der Waals surface area contributed by atoms with Gasteiger partial charge in [0, 0.05) is 25.7 Å². The molecule has 0 aliphatic rings. The lowest BCUT2D eigenvalue weighted by Gasteiger charge is -2.21. The van der Waals surface area contributed by atoms with E-state index < -0.39 is 97.5 Å². The average Bonchev–Trinajstić information content (AvgIpc) is 0.909. The lowest BCUT2D eigenvalue weighted by atomic mass is 10.0. The third kappa shape index (κ3) is 79.9. The van der Waals surface area contributed by atoms with E-state index in [0.29, 0.717) is 25.7 Å². The first-order chi connectivity index (χ1) is 51.0. The molecule has 0 aromatic carbocycles. The third-order valence-corrected chi connectivity index (χ3v) is 22.2. The van der Waals surface area contributed by atoms with Gasteiger partial charge in [-0.25, -0.2) is 9.13 Å². The summed E-state index contributed by atoms with van der Waals surface area (Å²) in [6, 6.07) is 0. The van der Waals surface area contributed by atoms with Crippen LogP contribution in [-0.4, -0.2) is 96.7 Å². The van der Waals surface area contributed by atoms with Crippen LogP contribution in [0.15, 0.2) is 0 Å². The molecule has 0 saturated carbocycles. The normalized spacial score (nSPS) is 13.8. The first-order valence-electron chi connectivity index (χ1n) is 44.6. The Bertz CT molecular complexity index is 2000. The zero-order chi connectivity index (χ0) is 76.9. The van der Waals surface area contributed by atoms with Crippen molar-refractivity contribution in [2.24, 2.45) is 5.92 Å². The number of carbonyl (C=O) groups is 4. The molecule has 105 heavy (non-hydrogen) atoms. The van der Waals surface area contributed by atoms with Crippen molar-refractivity contribution < 1.29 is 80.2 Å². The lowest BCUT2D eigenvalue weighted by Crippen LogP contribution is -2.30. The van der Waals surface area contributed by atoms with Crippen LogP contribution in [0.4, 0.5) is 0 Å². The second kappa shape index (κ2) is 78.7. The summed E-state index contributed by atoms with van der Waals surface area (Å²) >= 11 is 0. The van der Waals surface area contributed by atoms with E-state index in [1.807, 2.05) is 0 Å². The number of hydrogen-bond donors (Lipinski definition) is 3. The maximum Gasteiger partial charge on any atom is 0.472 e. The standard InChI is InChI=1S/C86H168O17P2/c1-6-9-12-15-18-21-23-25-26-27-28-29-30-31-36-39-43-47-52-57-62-67-72-86(91)103-82(76-97-84(89)70-65-60-55-50-45-42-38-35-33-32-34-37-41-44-49-53-58-63-68-79(4)5)78-101-105(94,95)99-74-80(87)73-98-104(92,93)100-77-81(75-96-83(88)69-64-59-54-48-20-17-14-11-8-3)102-85(90)71-66-61-56-51-46-40-24-22-19-16-13-10-7-2/h79-82,87H,6-78H2,1-5H3,(H,92,93)(H,94,95)/t80-,81+,82+/m0/s1. The summed E-state index contributed by atoms with van der Waals surface area (Å²) in [6.45, 7) is 7.38. The van der Waals surface area contributed by atoms with Crippen molar-refractivity contribution in [2.75, 3.05) is 39.6 Å². The Hall–Kier alpha value is -1.94. The molecule has 0 aliphatic heterocycles. The minimum atomic E-state index is -4.96. The Labute approximate surface area is 645 Å². The first kappa shape index (κ1) is 103. The molecule has 0 saturated heterocycles. The van der Waals surface area contributed by atoms with Crippen LogP contribution in [0.5, 0.6) is 0 Å². The zero-order valence-corrected chi connectivity index (χ0v) is 70.7. The lowest BCUT2D eigenvalue weighted by molar-refractivity contribution is -0.161. The third-order valence-electron chi connectivity index (χ3n) is 20.3. The van der Waals surface area contributed by atoms with E-state index in [0.717, 1.165) is 95.8 Å². The van der Waals surface area contributed by atoms with Crippen LogP contribution < -0.4 is 0 Å². The van der Waals surface area contributed by atoms with Gasteiger partial charge in [0.15, 0.2) is 12.2 Å². The fourth-order valence-corrected chi connectivity index (χ4v) is 15.1. The van der Waals surface area contributed by atoms with Crippen LogP contribution in [0.25, 0.3) is 0 Å². The van der Waals surface area contributed by atoms with Gasteiger partial charge in [-0.15, -0.1) is 0 Å². The van der Waals surface area contributed by atoms with Crippen molar-refractivity contribution in [1.29, 1.82) is 0 Å². The summed E-state index contributed by atoms with van der Waals surface area (Å²) in [5.74, 6) is -1.28. The molecule has 0 spiro atoms. The molecule has 0 fully saturated rings. The fourth-order valence-electron chi connectivity index (χ4n) is 13.5. The summed E-state index contributed by atoms with van der Waals surface area (Å²) in [5, 5.41) is 10.7. The molecule has 0 radical (unpaired) electrons. The number of phosphoric acid groups is 2. The van der Waals surface area contributed by atoms with Crippen LogP contribution in [0.1, 0.15) is 465 Å². The highest BCUT2D eigenvalue weighted by Gasteiger charge is 2.30. The van der Waals surface area contributed by atoms with Gasteiger partial charge in [0.1, 0.15) is 19.3 Å². The van der Waals surface area contributed by atoms with Gasteiger partial charge >= 0.3 is 39.5 Å². The Morgan fingerprint density at radius 1 is 0.257 bits per heavy atom. The highest BCUT2D eigenvalue weighted by atomic mass is 31.2. The smallest absolute Gasteiger partial charge is 0.462 e. The van der Waals surface area contributed by atoms with E-state index in [-0.39, 0.29) is 25.7 Å². The summed E-state index contributed by atoms with van der Waals surface area (Å²) in [7, 11) is -9.92. The van der Waals surface area contributed by atoms with Crippen LogP contribution in [0, 0.1) is 5.92 Å². The van der Waals surface area contributed by atoms with E-state index >= 15 is 0 Å². The highest BCUT2D eigenvalue weighted by molar-refractivity contribution is 7.47. The number of aliphatic hydroxyl groups is 1. The van der Waals surface area contributed by atoms with E-state index in [1.165, 1.54) is 289 Å². The van der Waals surface area contributed by atoms with Gasteiger partial charge in [-0.05, 0) is 31.6 Å². The molecule has 2 unspecified atom stereocenters. The Morgan fingerprint density at radius 3 is 0.648 bits per heavy atom. The Balaban J connectivity index is 5.18. The molecule has 17 nitrogen and oxygen atoms in total. The molecule has 0 bridgehead atoms. The summed E-state index contributed by atoms with van der Waals surface area (Å²) < 4.78 is 68.8. The van der Waals surface area contributed by atoms with Gasteiger partial charge in [0.2, 0.25) is 0 Å². The molecule has 0 aromatic rings. The number of ether oxygens (including phenoxy) is 4. The van der Waals surface area contributed by atoms with Crippen LogP contribution in [0.3, 0.4) is 0 Å². The topological polar surface area (TPSA) is 237 Å². The molecule has 0 rings (SSSR count).